The minimum atomic E-state index is -1.32. The molecule has 8 nitrogen and oxygen atoms in total. The molecule has 0 saturated heterocycles. The highest BCUT2D eigenvalue weighted by Gasteiger charge is 2.38. The molecule has 1 unspecified atom stereocenters. The van der Waals surface area contributed by atoms with Crippen molar-refractivity contribution in [2.24, 2.45) is 0 Å². The minimum absolute atomic E-state index is 0.249. The van der Waals surface area contributed by atoms with Gasteiger partial charge in [-0.2, -0.15) is 0 Å². The number of ether oxygens (including phenoxy) is 4. The van der Waals surface area contributed by atoms with Crippen molar-refractivity contribution in [3.8, 4) is 28.4 Å². The fraction of sp³-hybridized carbons (Fsp3) is 0.412. The third kappa shape index (κ3) is 5.42. The molecule has 0 aliphatic carbocycles. The van der Waals surface area contributed by atoms with Crippen LogP contribution in [0.15, 0.2) is 30.3 Å². The number of benzene rings is 3. The fourth-order valence-electron chi connectivity index (χ4n) is 6.25. The number of halogens is 1. The monoisotopic (exact) mass is 591 g/mol. The van der Waals surface area contributed by atoms with Crippen molar-refractivity contribution in [1.29, 1.82) is 0 Å². The Hall–Kier alpha value is -4.11. The first-order valence-corrected chi connectivity index (χ1v) is 14.4. The number of hydrogen-bond donors (Lipinski definition) is 1. The number of fused-ring (bicyclic) bond motifs is 2. The molecule has 0 bridgehead atoms. The number of aliphatic carboxylic acids is 1. The van der Waals surface area contributed by atoms with Gasteiger partial charge in [0.15, 0.2) is 17.7 Å². The van der Waals surface area contributed by atoms with E-state index in [1.807, 2.05) is 13.0 Å². The lowest BCUT2D eigenvalue weighted by atomic mass is 9.83. The number of anilines is 1. The van der Waals surface area contributed by atoms with Gasteiger partial charge in [-0.05, 0) is 106 Å². The fourth-order valence-corrected chi connectivity index (χ4v) is 6.25. The van der Waals surface area contributed by atoms with Crippen LogP contribution < -0.4 is 19.1 Å². The average molecular weight is 592 g/mol. The topological polar surface area (TPSA) is 94.5 Å². The van der Waals surface area contributed by atoms with Gasteiger partial charge in [0, 0.05) is 23.4 Å². The van der Waals surface area contributed by atoms with Gasteiger partial charge in [0.05, 0.1) is 26.4 Å². The number of aryl methyl sites for hydroxylation is 1. The molecule has 228 valence electrons. The van der Waals surface area contributed by atoms with Gasteiger partial charge in [0.25, 0.3) is 5.91 Å². The Morgan fingerprint density at radius 3 is 2.33 bits per heavy atom. The molecule has 0 aromatic heterocycles. The van der Waals surface area contributed by atoms with Crippen LogP contribution >= 0.6 is 0 Å². The summed E-state index contributed by atoms with van der Waals surface area (Å²) in [5.41, 5.74) is 4.71. The number of carbonyl (C=O) groups is 2. The van der Waals surface area contributed by atoms with Crippen LogP contribution in [0.4, 0.5) is 10.1 Å². The number of amides is 1. The number of carboxylic acid groups (broad SMARTS) is 1. The normalized spacial score (nSPS) is 14.9. The first-order valence-electron chi connectivity index (χ1n) is 14.4. The zero-order valence-electron chi connectivity index (χ0n) is 25.7. The van der Waals surface area contributed by atoms with E-state index in [0.717, 1.165) is 23.1 Å². The van der Waals surface area contributed by atoms with Crippen molar-refractivity contribution in [3.63, 3.8) is 0 Å². The Morgan fingerprint density at radius 1 is 1.05 bits per heavy atom. The van der Waals surface area contributed by atoms with Crippen molar-refractivity contribution in [2.75, 3.05) is 32.3 Å². The van der Waals surface area contributed by atoms with Crippen LogP contribution in [0.3, 0.4) is 0 Å². The summed E-state index contributed by atoms with van der Waals surface area (Å²) in [7, 11) is 2.99. The van der Waals surface area contributed by atoms with Crippen molar-refractivity contribution in [3.05, 3.63) is 69.5 Å². The van der Waals surface area contributed by atoms with Gasteiger partial charge in [-0.3, -0.25) is 4.79 Å². The summed E-state index contributed by atoms with van der Waals surface area (Å²) in [6.07, 6.45) is 0.504. The van der Waals surface area contributed by atoms with E-state index in [1.165, 1.54) is 20.3 Å². The Balaban J connectivity index is 1.79. The average Bonchev–Trinajstić information content (AvgIpc) is 3.39. The Kier molecular flexibility index (Phi) is 8.13. The van der Waals surface area contributed by atoms with Gasteiger partial charge in [0.1, 0.15) is 17.1 Å². The lowest BCUT2D eigenvalue weighted by molar-refractivity contribution is -0.160. The predicted molar refractivity (Wildman–Crippen MR) is 161 cm³/mol. The highest BCUT2D eigenvalue weighted by atomic mass is 19.1. The van der Waals surface area contributed by atoms with E-state index in [0.29, 0.717) is 65.4 Å². The summed E-state index contributed by atoms with van der Waals surface area (Å²) in [5.74, 6) is -0.951. The summed E-state index contributed by atoms with van der Waals surface area (Å²) in [4.78, 5) is 28.6. The molecule has 3 aromatic carbocycles. The van der Waals surface area contributed by atoms with Gasteiger partial charge in [-0.1, -0.05) is 6.07 Å². The van der Waals surface area contributed by atoms with Crippen LogP contribution in [0.2, 0.25) is 0 Å². The maximum Gasteiger partial charge on any atom is 0.337 e. The number of hydrogen-bond acceptors (Lipinski definition) is 6. The van der Waals surface area contributed by atoms with E-state index in [1.54, 1.807) is 50.8 Å². The second-order valence-corrected chi connectivity index (χ2v) is 12.0. The molecule has 1 amide bonds. The van der Waals surface area contributed by atoms with E-state index in [-0.39, 0.29) is 17.2 Å². The Labute approximate surface area is 251 Å². The molecule has 0 spiro atoms. The summed E-state index contributed by atoms with van der Waals surface area (Å²) in [5, 5.41) is 10.4. The summed E-state index contributed by atoms with van der Waals surface area (Å²) < 4.78 is 38.5. The quantitative estimate of drug-likeness (QED) is 0.331. The molecule has 9 heteroatoms. The van der Waals surface area contributed by atoms with Gasteiger partial charge in [-0.25, -0.2) is 9.18 Å². The number of nitrogens with zero attached hydrogens (tertiary/aromatic N) is 1. The maximum atomic E-state index is 15.6. The molecule has 1 atom stereocenters. The molecular weight excluding hydrogens is 553 g/mol. The minimum Gasteiger partial charge on any atom is -0.496 e. The number of methoxy groups -OCH3 is 2. The SMILES string of the molecule is COc1cccc(OC)c1C(=O)N1CCc2c1cc(C)c(C(OC(C)(C)C)C(=O)O)c2-c1cc(F)c2c(c1C)CCCO2. The molecular formula is C34H38FNO7. The molecule has 5 rings (SSSR count). The van der Waals surface area contributed by atoms with Gasteiger partial charge in [-0.15, -0.1) is 0 Å². The van der Waals surface area contributed by atoms with Crippen LogP contribution in [-0.2, 0) is 22.4 Å². The third-order valence-electron chi connectivity index (χ3n) is 8.08. The zero-order valence-corrected chi connectivity index (χ0v) is 25.7. The molecule has 2 heterocycles. The lowest BCUT2D eigenvalue weighted by Crippen LogP contribution is -2.30. The predicted octanol–water partition coefficient (Wildman–Crippen LogP) is 6.60. The molecule has 0 radical (unpaired) electrons. The van der Waals surface area contributed by atoms with E-state index >= 15 is 4.39 Å². The van der Waals surface area contributed by atoms with Crippen molar-refractivity contribution >= 4 is 17.6 Å². The zero-order chi connectivity index (χ0) is 31.2. The van der Waals surface area contributed by atoms with Gasteiger partial charge < -0.3 is 29.0 Å². The highest BCUT2D eigenvalue weighted by Crippen LogP contribution is 2.48. The van der Waals surface area contributed by atoms with E-state index < -0.39 is 23.5 Å². The number of carbonyl (C=O) groups excluding carboxylic acids is 1. The molecule has 3 aromatic rings. The number of rotatable bonds is 7. The molecule has 1 N–H and O–H groups in total. The summed E-state index contributed by atoms with van der Waals surface area (Å²) in [6, 6.07) is 8.42. The van der Waals surface area contributed by atoms with E-state index in [2.05, 4.69) is 0 Å². The first-order chi connectivity index (χ1) is 20.4. The molecule has 2 aliphatic heterocycles. The molecule has 2 aliphatic rings. The summed E-state index contributed by atoms with van der Waals surface area (Å²) in [6.45, 7) is 9.89. The Morgan fingerprint density at radius 2 is 1.72 bits per heavy atom. The lowest BCUT2D eigenvalue weighted by Gasteiger charge is -2.30. The Bertz CT molecular complexity index is 1590. The van der Waals surface area contributed by atoms with E-state index in [4.69, 9.17) is 18.9 Å². The molecule has 0 saturated carbocycles. The van der Waals surface area contributed by atoms with Gasteiger partial charge >= 0.3 is 5.97 Å². The second kappa shape index (κ2) is 11.5. The van der Waals surface area contributed by atoms with Crippen LogP contribution in [0.5, 0.6) is 17.2 Å². The molecule has 43 heavy (non-hydrogen) atoms. The summed E-state index contributed by atoms with van der Waals surface area (Å²) >= 11 is 0. The van der Waals surface area contributed by atoms with Crippen molar-refractivity contribution < 1.29 is 38.0 Å². The second-order valence-electron chi connectivity index (χ2n) is 12.0. The van der Waals surface area contributed by atoms with Crippen LogP contribution in [0, 0.1) is 19.7 Å². The van der Waals surface area contributed by atoms with Crippen molar-refractivity contribution in [1.82, 2.24) is 0 Å². The highest BCUT2D eigenvalue weighted by molar-refractivity contribution is 6.11. The standard InChI is InChI=1S/C34H38FNO7/c1-18-16-24-21(13-14-36(24)32(37)29-25(40-6)11-8-12-26(29)41-7)28(27(18)31(33(38)39)43-34(3,4)5)22-17-23(35)30-20(19(22)2)10-9-15-42-30/h8,11-12,16-17,31H,9-10,13-15H2,1-7H3,(H,38,39). The molecule has 0 fully saturated rings. The smallest absolute Gasteiger partial charge is 0.337 e. The van der Waals surface area contributed by atoms with E-state index in [9.17, 15) is 14.7 Å². The number of carboxylic acids is 1. The van der Waals surface area contributed by atoms with Crippen molar-refractivity contribution in [2.45, 2.75) is 65.6 Å². The maximum absolute atomic E-state index is 15.6. The van der Waals surface area contributed by atoms with Crippen LogP contribution in [0.25, 0.3) is 11.1 Å². The van der Waals surface area contributed by atoms with Crippen LogP contribution in [0.1, 0.15) is 71.5 Å². The first kappa shape index (κ1) is 30.4. The van der Waals surface area contributed by atoms with Gasteiger partial charge in [0.2, 0.25) is 0 Å². The third-order valence-corrected chi connectivity index (χ3v) is 8.08. The largest absolute Gasteiger partial charge is 0.496 e. The van der Waals surface area contributed by atoms with Crippen LogP contribution in [-0.4, -0.2) is 50.0 Å².